The molecule has 1 rings (SSSR count). The molecule has 0 aromatic rings. The van der Waals surface area contributed by atoms with Crippen molar-refractivity contribution in [2.24, 2.45) is 5.41 Å². The van der Waals surface area contributed by atoms with Crippen LogP contribution in [-0.2, 0) is 19.1 Å². The Morgan fingerprint density at radius 2 is 1.95 bits per heavy atom. The molecular formula is C15H27NO5. The largest absolute Gasteiger partial charge is 0.383 e. The van der Waals surface area contributed by atoms with E-state index in [2.05, 4.69) is 5.32 Å². The van der Waals surface area contributed by atoms with E-state index in [9.17, 15) is 14.7 Å². The van der Waals surface area contributed by atoms with Crippen LogP contribution in [0.5, 0.6) is 0 Å². The van der Waals surface area contributed by atoms with Gasteiger partial charge in [-0.1, -0.05) is 13.8 Å². The lowest BCUT2D eigenvalue weighted by molar-refractivity contribution is -0.303. The number of aliphatic hydroxyl groups is 1. The molecule has 1 unspecified atom stereocenters. The number of likely N-dealkylation sites (N-methyl/N-ethyl adjacent to an activating group) is 1. The van der Waals surface area contributed by atoms with E-state index in [0.717, 1.165) is 0 Å². The van der Waals surface area contributed by atoms with Crippen LogP contribution < -0.4 is 5.32 Å². The van der Waals surface area contributed by atoms with Crippen molar-refractivity contribution in [2.75, 3.05) is 13.7 Å². The van der Waals surface area contributed by atoms with Gasteiger partial charge in [-0.2, -0.15) is 0 Å². The summed E-state index contributed by atoms with van der Waals surface area (Å²) >= 11 is 0. The minimum atomic E-state index is -1.07. The van der Waals surface area contributed by atoms with Crippen LogP contribution in [0.25, 0.3) is 0 Å². The molecule has 6 nitrogen and oxygen atoms in total. The van der Waals surface area contributed by atoms with Gasteiger partial charge < -0.3 is 19.9 Å². The molecule has 0 aromatic carbocycles. The number of carbonyl (C=O) groups is 2. The molecule has 0 spiro atoms. The fourth-order valence-electron chi connectivity index (χ4n) is 2.31. The van der Waals surface area contributed by atoms with Crippen molar-refractivity contribution in [1.82, 2.24) is 5.32 Å². The van der Waals surface area contributed by atoms with E-state index in [1.54, 1.807) is 13.8 Å². The number of ketones is 1. The summed E-state index contributed by atoms with van der Waals surface area (Å²) in [4.78, 5) is 23.5. The summed E-state index contributed by atoms with van der Waals surface area (Å²) < 4.78 is 11.3. The molecule has 122 valence electrons. The molecular weight excluding hydrogens is 274 g/mol. The second-order valence-electron chi connectivity index (χ2n) is 6.66. The first kappa shape index (κ1) is 18.1. The third-order valence-electron chi connectivity index (χ3n) is 3.65. The Hall–Kier alpha value is -0.980. The minimum Gasteiger partial charge on any atom is -0.383 e. The van der Waals surface area contributed by atoms with Gasteiger partial charge in [0.05, 0.1) is 6.61 Å². The lowest BCUT2D eigenvalue weighted by atomic mass is 9.82. The SMILES string of the molecule is CNC(=O)C(O)CCCC(=O)[C@@H]1OC(C)(C)OCC1(C)C. The summed E-state index contributed by atoms with van der Waals surface area (Å²) in [5.74, 6) is -1.20. The zero-order chi connectivity index (χ0) is 16.3. The number of nitrogens with one attached hydrogen (secondary N) is 1. The fourth-order valence-corrected chi connectivity index (χ4v) is 2.31. The van der Waals surface area contributed by atoms with Crippen molar-refractivity contribution in [1.29, 1.82) is 0 Å². The lowest BCUT2D eigenvalue weighted by Gasteiger charge is -2.45. The topological polar surface area (TPSA) is 84.9 Å². The van der Waals surface area contributed by atoms with Gasteiger partial charge in [-0.25, -0.2) is 0 Å². The van der Waals surface area contributed by atoms with Gasteiger partial charge in [-0.15, -0.1) is 0 Å². The van der Waals surface area contributed by atoms with Crippen LogP contribution in [0.15, 0.2) is 0 Å². The summed E-state index contributed by atoms with van der Waals surface area (Å²) in [5.41, 5.74) is -0.383. The van der Waals surface area contributed by atoms with E-state index in [0.29, 0.717) is 13.0 Å². The fraction of sp³-hybridized carbons (Fsp3) is 0.867. The molecule has 2 atom stereocenters. The van der Waals surface area contributed by atoms with Gasteiger partial charge in [0.15, 0.2) is 11.6 Å². The molecule has 0 aromatic heterocycles. The average Bonchev–Trinajstić information content (AvgIpc) is 2.40. The Morgan fingerprint density at radius 1 is 1.33 bits per heavy atom. The van der Waals surface area contributed by atoms with Crippen molar-refractivity contribution in [3.05, 3.63) is 0 Å². The van der Waals surface area contributed by atoms with Crippen LogP contribution in [0.3, 0.4) is 0 Å². The highest BCUT2D eigenvalue weighted by Gasteiger charge is 2.45. The first-order valence-corrected chi connectivity index (χ1v) is 7.33. The van der Waals surface area contributed by atoms with E-state index in [1.807, 2.05) is 13.8 Å². The summed E-state index contributed by atoms with van der Waals surface area (Å²) in [6.07, 6.45) is -0.609. The molecule has 1 saturated heterocycles. The van der Waals surface area contributed by atoms with Crippen LogP contribution in [0, 0.1) is 5.41 Å². The van der Waals surface area contributed by atoms with Gasteiger partial charge in [0.1, 0.15) is 12.2 Å². The summed E-state index contributed by atoms with van der Waals surface area (Å²) in [6, 6.07) is 0. The third-order valence-corrected chi connectivity index (χ3v) is 3.65. The van der Waals surface area contributed by atoms with Crippen molar-refractivity contribution >= 4 is 11.7 Å². The number of Topliss-reactive ketones (excluding diaryl/α,β-unsaturated/α-hetero) is 1. The van der Waals surface area contributed by atoms with E-state index in [1.165, 1.54) is 7.05 Å². The van der Waals surface area contributed by atoms with Gasteiger partial charge in [-0.05, 0) is 26.7 Å². The monoisotopic (exact) mass is 301 g/mol. The van der Waals surface area contributed by atoms with Gasteiger partial charge in [-0.3, -0.25) is 9.59 Å². The smallest absolute Gasteiger partial charge is 0.248 e. The lowest BCUT2D eigenvalue weighted by Crippen LogP contribution is -2.53. The predicted molar refractivity (Wildman–Crippen MR) is 77.6 cm³/mol. The molecule has 2 N–H and O–H groups in total. The molecule has 0 radical (unpaired) electrons. The number of hydrogen-bond donors (Lipinski definition) is 2. The van der Waals surface area contributed by atoms with Crippen molar-refractivity contribution in [3.8, 4) is 0 Å². The number of hydrogen-bond acceptors (Lipinski definition) is 5. The zero-order valence-corrected chi connectivity index (χ0v) is 13.6. The van der Waals surface area contributed by atoms with Crippen LogP contribution >= 0.6 is 0 Å². The Labute approximate surface area is 126 Å². The number of carbonyl (C=O) groups excluding carboxylic acids is 2. The van der Waals surface area contributed by atoms with Crippen molar-refractivity contribution < 1.29 is 24.2 Å². The van der Waals surface area contributed by atoms with Crippen LogP contribution in [0.4, 0.5) is 0 Å². The highest BCUT2D eigenvalue weighted by molar-refractivity contribution is 5.84. The Bertz CT molecular complexity index is 392. The Kier molecular flexibility index (Phi) is 5.90. The summed E-state index contributed by atoms with van der Waals surface area (Å²) in [7, 11) is 1.47. The second-order valence-corrected chi connectivity index (χ2v) is 6.66. The first-order valence-electron chi connectivity index (χ1n) is 7.33. The van der Waals surface area contributed by atoms with E-state index in [-0.39, 0.29) is 24.0 Å². The molecule has 1 heterocycles. The van der Waals surface area contributed by atoms with Gasteiger partial charge in [0.25, 0.3) is 0 Å². The van der Waals surface area contributed by atoms with Crippen LogP contribution in [-0.4, -0.2) is 48.4 Å². The van der Waals surface area contributed by atoms with E-state index >= 15 is 0 Å². The molecule has 1 aliphatic heterocycles. The molecule has 0 saturated carbocycles. The van der Waals surface area contributed by atoms with Crippen molar-refractivity contribution in [3.63, 3.8) is 0 Å². The maximum absolute atomic E-state index is 12.4. The van der Waals surface area contributed by atoms with E-state index in [4.69, 9.17) is 9.47 Å². The maximum Gasteiger partial charge on any atom is 0.248 e. The predicted octanol–water partition coefficient (Wildman–Crippen LogP) is 1.01. The molecule has 0 bridgehead atoms. The molecule has 1 fully saturated rings. The normalized spacial score (nSPS) is 25.1. The second kappa shape index (κ2) is 6.85. The highest BCUT2D eigenvalue weighted by Crippen LogP contribution is 2.35. The number of amides is 1. The first-order chi connectivity index (χ1) is 9.59. The molecule has 1 amide bonds. The highest BCUT2D eigenvalue weighted by atomic mass is 16.7. The Morgan fingerprint density at radius 3 is 2.52 bits per heavy atom. The van der Waals surface area contributed by atoms with Gasteiger partial charge >= 0.3 is 0 Å². The third kappa shape index (κ3) is 5.05. The average molecular weight is 301 g/mol. The van der Waals surface area contributed by atoms with Crippen molar-refractivity contribution in [2.45, 2.75) is 65.0 Å². The van der Waals surface area contributed by atoms with E-state index < -0.39 is 23.9 Å². The number of aliphatic hydroxyl groups excluding tert-OH is 1. The number of rotatable bonds is 6. The number of ether oxygens (including phenoxy) is 2. The van der Waals surface area contributed by atoms with Gasteiger partial charge in [0.2, 0.25) is 5.91 Å². The summed E-state index contributed by atoms with van der Waals surface area (Å²) in [6.45, 7) is 7.90. The maximum atomic E-state index is 12.4. The zero-order valence-electron chi connectivity index (χ0n) is 13.6. The van der Waals surface area contributed by atoms with Crippen LogP contribution in [0.1, 0.15) is 47.0 Å². The molecule has 21 heavy (non-hydrogen) atoms. The minimum absolute atomic E-state index is 0.0134. The standard InChI is InChI=1S/C15H27NO5/c1-14(2)9-20-15(3,4)21-12(14)10(17)7-6-8-11(18)13(19)16-5/h11-12,18H,6-9H2,1-5H3,(H,16,19)/t11?,12-/m0/s1. The van der Waals surface area contributed by atoms with Gasteiger partial charge in [0, 0.05) is 18.9 Å². The summed E-state index contributed by atoms with van der Waals surface area (Å²) in [5, 5.41) is 11.9. The quantitative estimate of drug-likeness (QED) is 0.765. The molecule has 0 aliphatic carbocycles. The Balaban J connectivity index is 2.52. The van der Waals surface area contributed by atoms with Crippen LogP contribution in [0.2, 0.25) is 0 Å². The molecule has 1 aliphatic rings. The molecule has 6 heteroatoms.